The third kappa shape index (κ3) is 3.56. The zero-order valence-corrected chi connectivity index (χ0v) is 13.2. The summed E-state index contributed by atoms with van der Waals surface area (Å²) in [4.78, 5) is 15.2. The first-order valence-corrected chi connectivity index (χ1v) is 7.71. The molecule has 0 aromatic heterocycles. The first kappa shape index (κ1) is 15.8. The Kier molecular flexibility index (Phi) is 5.62. The van der Waals surface area contributed by atoms with Gasteiger partial charge in [0.1, 0.15) is 0 Å². The molecule has 0 amide bonds. The van der Waals surface area contributed by atoms with Crippen molar-refractivity contribution in [3.05, 3.63) is 23.8 Å². The normalized spacial score (nSPS) is 16.7. The highest BCUT2D eigenvalue weighted by Gasteiger charge is 2.28. The van der Waals surface area contributed by atoms with Gasteiger partial charge < -0.3 is 9.47 Å². The minimum Gasteiger partial charge on any atom is -0.493 e. The molecule has 1 aromatic carbocycles. The van der Waals surface area contributed by atoms with Gasteiger partial charge in [0.05, 0.1) is 20.3 Å². The number of ether oxygens (including phenoxy) is 2. The average Bonchev–Trinajstić information content (AvgIpc) is 3.05. The minimum atomic E-state index is -0.00407. The van der Waals surface area contributed by atoms with E-state index in [9.17, 15) is 4.79 Å². The van der Waals surface area contributed by atoms with Crippen molar-refractivity contribution >= 4 is 5.78 Å². The summed E-state index contributed by atoms with van der Waals surface area (Å²) in [6, 6.07) is 5.43. The van der Waals surface area contributed by atoms with E-state index in [0.717, 1.165) is 25.9 Å². The number of ketones is 1. The largest absolute Gasteiger partial charge is 0.493 e. The summed E-state index contributed by atoms with van der Waals surface area (Å²) >= 11 is 0. The predicted octanol–water partition coefficient (Wildman–Crippen LogP) is 3.15. The quantitative estimate of drug-likeness (QED) is 0.723. The van der Waals surface area contributed by atoms with Crippen LogP contribution in [0.15, 0.2) is 18.2 Å². The van der Waals surface area contributed by atoms with Crippen molar-refractivity contribution in [2.75, 3.05) is 27.3 Å². The standard InChI is InChI=1S/C17H25NO3/c1-4-7-14(18-10-5-6-11-18)17(19)13-8-9-15(20-2)16(12-13)21-3/h8-9,12,14H,4-7,10-11H2,1-3H3. The second-order valence-electron chi connectivity index (χ2n) is 5.48. The Morgan fingerprint density at radius 1 is 1.19 bits per heavy atom. The van der Waals surface area contributed by atoms with Crippen LogP contribution >= 0.6 is 0 Å². The number of hydrogen-bond acceptors (Lipinski definition) is 4. The first-order valence-electron chi connectivity index (χ1n) is 7.71. The van der Waals surface area contributed by atoms with E-state index in [2.05, 4.69) is 11.8 Å². The lowest BCUT2D eigenvalue weighted by Gasteiger charge is -2.26. The van der Waals surface area contributed by atoms with E-state index < -0.39 is 0 Å². The maximum Gasteiger partial charge on any atom is 0.180 e. The number of rotatable bonds is 7. The van der Waals surface area contributed by atoms with Crippen molar-refractivity contribution in [3.63, 3.8) is 0 Å². The topological polar surface area (TPSA) is 38.8 Å². The van der Waals surface area contributed by atoms with Gasteiger partial charge in [-0.25, -0.2) is 0 Å². The molecule has 0 spiro atoms. The number of hydrogen-bond donors (Lipinski definition) is 0. The van der Waals surface area contributed by atoms with Crippen LogP contribution in [0, 0.1) is 0 Å². The third-order valence-corrected chi connectivity index (χ3v) is 4.11. The van der Waals surface area contributed by atoms with Crippen molar-refractivity contribution in [2.45, 2.75) is 38.6 Å². The molecule has 0 saturated carbocycles. The lowest BCUT2D eigenvalue weighted by atomic mass is 9.99. The lowest BCUT2D eigenvalue weighted by molar-refractivity contribution is 0.0836. The summed E-state index contributed by atoms with van der Waals surface area (Å²) in [6.45, 7) is 4.19. The average molecular weight is 291 g/mol. The molecule has 1 heterocycles. The van der Waals surface area contributed by atoms with E-state index in [1.165, 1.54) is 12.8 Å². The van der Waals surface area contributed by atoms with Gasteiger partial charge in [-0.2, -0.15) is 0 Å². The van der Waals surface area contributed by atoms with Crippen molar-refractivity contribution in [1.82, 2.24) is 4.90 Å². The molecular formula is C17H25NO3. The summed E-state index contributed by atoms with van der Waals surface area (Å²) in [6.07, 6.45) is 4.31. The molecule has 1 aliphatic heterocycles. The van der Waals surface area contributed by atoms with Gasteiger partial charge in [-0.3, -0.25) is 9.69 Å². The van der Waals surface area contributed by atoms with Gasteiger partial charge in [0.25, 0.3) is 0 Å². The summed E-state index contributed by atoms with van der Waals surface area (Å²) in [5.41, 5.74) is 0.706. The Balaban J connectivity index is 2.23. The lowest BCUT2D eigenvalue weighted by Crippen LogP contribution is -2.39. The molecule has 1 fully saturated rings. The van der Waals surface area contributed by atoms with E-state index >= 15 is 0 Å². The number of benzene rings is 1. The number of methoxy groups -OCH3 is 2. The summed E-state index contributed by atoms with van der Waals surface area (Å²) < 4.78 is 10.5. The number of likely N-dealkylation sites (tertiary alicyclic amines) is 1. The number of carbonyl (C=O) groups is 1. The number of nitrogens with zero attached hydrogens (tertiary/aromatic N) is 1. The molecule has 0 bridgehead atoms. The van der Waals surface area contributed by atoms with E-state index in [0.29, 0.717) is 17.1 Å². The van der Waals surface area contributed by atoms with Gasteiger partial charge in [0.2, 0.25) is 0 Å². The van der Waals surface area contributed by atoms with Gasteiger partial charge in [-0.1, -0.05) is 13.3 Å². The molecule has 1 aliphatic rings. The van der Waals surface area contributed by atoms with Crippen LogP contribution in [0.2, 0.25) is 0 Å². The third-order valence-electron chi connectivity index (χ3n) is 4.11. The van der Waals surface area contributed by atoms with Gasteiger partial charge in [-0.05, 0) is 50.6 Å². The van der Waals surface area contributed by atoms with Crippen LogP contribution in [0.3, 0.4) is 0 Å². The van der Waals surface area contributed by atoms with Crippen LogP contribution in [0.5, 0.6) is 11.5 Å². The molecule has 0 aliphatic carbocycles. The smallest absolute Gasteiger partial charge is 0.180 e. The van der Waals surface area contributed by atoms with Gasteiger partial charge in [0.15, 0.2) is 17.3 Å². The summed E-state index contributed by atoms with van der Waals surface area (Å²) in [5, 5.41) is 0. The van der Waals surface area contributed by atoms with Crippen LogP contribution in [-0.2, 0) is 0 Å². The molecule has 0 radical (unpaired) electrons. The molecule has 116 valence electrons. The van der Waals surface area contributed by atoms with Gasteiger partial charge in [-0.15, -0.1) is 0 Å². The Morgan fingerprint density at radius 3 is 2.43 bits per heavy atom. The molecule has 1 atom stereocenters. The Hall–Kier alpha value is -1.55. The van der Waals surface area contributed by atoms with Gasteiger partial charge in [0, 0.05) is 5.56 Å². The predicted molar refractivity (Wildman–Crippen MR) is 83.4 cm³/mol. The molecule has 1 aromatic rings. The van der Waals surface area contributed by atoms with Crippen LogP contribution in [0.4, 0.5) is 0 Å². The Bertz CT molecular complexity index is 481. The fraction of sp³-hybridized carbons (Fsp3) is 0.588. The van der Waals surface area contributed by atoms with E-state index in [4.69, 9.17) is 9.47 Å². The molecule has 4 nitrogen and oxygen atoms in total. The summed E-state index contributed by atoms with van der Waals surface area (Å²) in [7, 11) is 3.19. The fourth-order valence-corrected chi connectivity index (χ4v) is 2.99. The maximum absolute atomic E-state index is 12.9. The van der Waals surface area contributed by atoms with E-state index in [1.807, 2.05) is 6.07 Å². The zero-order valence-electron chi connectivity index (χ0n) is 13.2. The second kappa shape index (κ2) is 7.46. The second-order valence-corrected chi connectivity index (χ2v) is 5.48. The van der Waals surface area contributed by atoms with Crippen LogP contribution in [-0.4, -0.2) is 44.0 Å². The van der Waals surface area contributed by atoms with E-state index in [1.54, 1.807) is 26.4 Å². The van der Waals surface area contributed by atoms with Crippen molar-refractivity contribution < 1.29 is 14.3 Å². The molecular weight excluding hydrogens is 266 g/mol. The molecule has 21 heavy (non-hydrogen) atoms. The van der Waals surface area contributed by atoms with Crippen LogP contribution in [0.1, 0.15) is 43.0 Å². The summed E-state index contributed by atoms with van der Waals surface area (Å²) in [5.74, 6) is 1.46. The highest BCUT2D eigenvalue weighted by Crippen LogP contribution is 2.29. The first-order chi connectivity index (χ1) is 10.2. The monoisotopic (exact) mass is 291 g/mol. The zero-order chi connectivity index (χ0) is 15.2. The van der Waals surface area contributed by atoms with Gasteiger partial charge >= 0.3 is 0 Å². The fourth-order valence-electron chi connectivity index (χ4n) is 2.99. The number of carbonyl (C=O) groups excluding carboxylic acids is 1. The molecule has 2 rings (SSSR count). The maximum atomic E-state index is 12.9. The van der Waals surface area contributed by atoms with Crippen LogP contribution < -0.4 is 9.47 Å². The molecule has 4 heteroatoms. The highest BCUT2D eigenvalue weighted by molar-refractivity contribution is 6.00. The SMILES string of the molecule is CCCC(C(=O)c1ccc(OC)c(OC)c1)N1CCCC1. The van der Waals surface area contributed by atoms with Crippen molar-refractivity contribution in [3.8, 4) is 11.5 Å². The Morgan fingerprint density at radius 2 is 1.86 bits per heavy atom. The molecule has 1 saturated heterocycles. The number of Topliss-reactive ketones (excluding diaryl/α,β-unsaturated/α-hetero) is 1. The van der Waals surface area contributed by atoms with Crippen molar-refractivity contribution in [1.29, 1.82) is 0 Å². The molecule has 1 unspecified atom stereocenters. The molecule has 0 N–H and O–H groups in total. The van der Waals surface area contributed by atoms with E-state index in [-0.39, 0.29) is 11.8 Å². The Labute approximate surface area is 127 Å². The minimum absolute atomic E-state index is 0.00407. The van der Waals surface area contributed by atoms with Crippen LogP contribution in [0.25, 0.3) is 0 Å². The van der Waals surface area contributed by atoms with Crippen molar-refractivity contribution in [2.24, 2.45) is 0 Å². The highest BCUT2D eigenvalue weighted by atomic mass is 16.5.